The van der Waals surface area contributed by atoms with Gasteiger partial charge in [-0.05, 0) is 54.9 Å². The minimum absolute atomic E-state index is 0.244. The van der Waals surface area contributed by atoms with Crippen molar-refractivity contribution in [2.24, 2.45) is 4.99 Å². The number of hydrogen-bond acceptors (Lipinski definition) is 7. The standard InChI is InChI=1S/C27H27N5O4S2/c33-26-24(37-27(28-26)30-13-15-36-16-14-30)18-21-19-32(22-8-2-1-3-9-22)29-25(21)20-7-6-10-23(17-20)38(34,35)31-11-4-5-12-31/h1-3,6-10,17-19H,4-5,11-16H2/b24-18+. The molecule has 3 aromatic rings. The number of hydrogen-bond donors (Lipinski definition) is 0. The smallest absolute Gasteiger partial charge is 0.286 e. The van der Waals surface area contributed by atoms with Gasteiger partial charge in [0, 0.05) is 43.5 Å². The third-order valence-electron chi connectivity index (χ3n) is 6.75. The highest BCUT2D eigenvalue weighted by atomic mass is 32.2. The molecule has 0 spiro atoms. The van der Waals surface area contributed by atoms with E-state index in [1.165, 1.54) is 16.1 Å². The molecule has 9 nitrogen and oxygen atoms in total. The molecule has 1 aromatic heterocycles. The molecule has 196 valence electrons. The number of morpholine rings is 1. The summed E-state index contributed by atoms with van der Waals surface area (Å²) in [6.07, 6.45) is 5.41. The predicted molar refractivity (Wildman–Crippen MR) is 147 cm³/mol. The Balaban J connectivity index is 1.38. The van der Waals surface area contributed by atoms with E-state index >= 15 is 0 Å². The molecule has 11 heteroatoms. The maximum Gasteiger partial charge on any atom is 0.286 e. The molecule has 0 radical (unpaired) electrons. The van der Waals surface area contributed by atoms with Crippen LogP contribution in [0.1, 0.15) is 18.4 Å². The molecule has 38 heavy (non-hydrogen) atoms. The fraction of sp³-hybridized carbons (Fsp3) is 0.296. The average Bonchev–Trinajstić information content (AvgIpc) is 3.71. The maximum absolute atomic E-state index is 13.2. The van der Waals surface area contributed by atoms with Gasteiger partial charge in [-0.2, -0.15) is 14.4 Å². The van der Waals surface area contributed by atoms with E-state index in [2.05, 4.69) is 9.89 Å². The molecule has 1 amide bonds. The van der Waals surface area contributed by atoms with Crippen molar-refractivity contribution in [3.05, 3.63) is 71.3 Å². The van der Waals surface area contributed by atoms with Crippen molar-refractivity contribution in [1.29, 1.82) is 0 Å². The fourth-order valence-electron chi connectivity index (χ4n) is 4.74. The highest BCUT2D eigenvalue weighted by Gasteiger charge is 2.29. The largest absolute Gasteiger partial charge is 0.378 e. The van der Waals surface area contributed by atoms with Gasteiger partial charge in [0.05, 0.1) is 28.7 Å². The van der Waals surface area contributed by atoms with Gasteiger partial charge < -0.3 is 9.64 Å². The summed E-state index contributed by atoms with van der Waals surface area (Å²) in [6, 6.07) is 16.6. The van der Waals surface area contributed by atoms with Crippen LogP contribution >= 0.6 is 11.8 Å². The molecule has 0 atom stereocenters. The zero-order chi connectivity index (χ0) is 26.1. The van der Waals surface area contributed by atoms with E-state index in [0.717, 1.165) is 18.5 Å². The minimum atomic E-state index is -3.59. The molecule has 2 aromatic carbocycles. The highest BCUT2D eigenvalue weighted by molar-refractivity contribution is 8.18. The van der Waals surface area contributed by atoms with E-state index < -0.39 is 10.0 Å². The number of carbonyl (C=O) groups is 1. The molecule has 4 heterocycles. The Morgan fingerprint density at radius 1 is 0.947 bits per heavy atom. The van der Waals surface area contributed by atoms with Crippen molar-refractivity contribution in [3.8, 4) is 16.9 Å². The lowest BCUT2D eigenvalue weighted by atomic mass is 10.1. The molecule has 0 bridgehead atoms. The number of amidine groups is 1. The minimum Gasteiger partial charge on any atom is -0.378 e. The van der Waals surface area contributed by atoms with Crippen LogP contribution in [0.2, 0.25) is 0 Å². The van der Waals surface area contributed by atoms with Crippen molar-refractivity contribution < 1.29 is 17.9 Å². The number of benzene rings is 2. The molecule has 0 unspecified atom stereocenters. The summed E-state index contributed by atoms with van der Waals surface area (Å²) >= 11 is 1.35. The van der Waals surface area contributed by atoms with Crippen molar-refractivity contribution in [2.45, 2.75) is 17.7 Å². The van der Waals surface area contributed by atoms with Gasteiger partial charge in [0.1, 0.15) is 5.69 Å². The van der Waals surface area contributed by atoms with Gasteiger partial charge in [0.15, 0.2) is 5.17 Å². The first-order valence-electron chi connectivity index (χ1n) is 12.6. The summed E-state index contributed by atoms with van der Waals surface area (Å²) in [7, 11) is -3.59. The topological polar surface area (TPSA) is 97.1 Å². The molecular formula is C27H27N5O4S2. The van der Waals surface area contributed by atoms with Crippen LogP contribution in [0.15, 0.2) is 75.6 Å². The Hall–Kier alpha value is -3.25. The highest BCUT2D eigenvalue weighted by Crippen LogP contribution is 2.34. The third kappa shape index (κ3) is 4.94. The maximum atomic E-state index is 13.2. The predicted octanol–water partition coefficient (Wildman–Crippen LogP) is 3.63. The van der Waals surface area contributed by atoms with Gasteiger partial charge in [0.25, 0.3) is 5.91 Å². The van der Waals surface area contributed by atoms with Gasteiger partial charge in [-0.25, -0.2) is 13.1 Å². The summed E-state index contributed by atoms with van der Waals surface area (Å²) in [4.78, 5) is 19.9. The molecule has 0 aliphatic carbocycles. The fourth-order valence-corrected chi connectivity index (χ4v) is 7.26. The van der Waals surface area contributed by atoms with Crippen LogP contribution in [0, 0.1) is 0 Å². The lowest BCUT2D eigenvalue weighted by molar-refractivity contribution is -0.113. The Morgan fingerprint density at radius 3 is 2.47 bits per heavy atom. The number of amides is 1. The summed E-state index contributed by atoms with van der Waals surface area (Å²) in [5.74, 6) is -0.291. The molecule has 3 aliphatic heterocycles. The summed E-state index contributed by atoms with van der Waals surface area (Å²) in [5.41, 5.74) is 2.82. The van der Waals surface area contributed by atoms with E-state index in [1.54, 1.807) is 29.0 Å². The molecule has 0 saturated carbocycles. The molecule has 0 N–H and O–H groups in total. The van der Waals surface area contributed by atoms with E-state index in [4.69, 9.17) is 9.84 Å². The SMILES string of the molecule is O=C1N=C(N2CCOCC2)S/C1=C/c1cn(-c2ccccc2)nc1-c1cccc(S(=O)(=O)N2CCCC2)c1. The summed E-state index contributed by atoms with van der Waals surface area (Å²) in [6.45, 7) is 3.69. The molecule has 2 saturated heterocycles. The second-order valence-electron chi connectivity index (χ2n) is 9.26. The van der Waals surface area contributed by atoms with E-state index in [-0.39, 0.29) is 10.8 Å². The van der Waals surface area contributed by atoms with Crippen LogP contribution in [0.5, 0.6) is 0 Å². The number of nitrogens with zero attached hydrogens (tertiary/aromatic N) is 5. The number of carbonyl (C=O) groups excluding carboxylic acids is 1. The first-order valence-corrected chi connectivity index (χ1v) is 14.9. The first kappa shape index (κ1) is 25.1. The number of aliphatic imine (C=N–C) groups is 1. The number of rotatable bonds is 5. The Bertz CT molecular complexity index is 1520. The molecule has 2 fully saturated rings. The van der Waals surface area contributed by atoms with E-state index in [1.807, 2.05) is 42.6 Å². The lowest BCUT2D eigenvalue weighted by Gasteiger charge is -2.27. The average molecular weight is 550 g/mol. The second kappa shape index (κ2) is 10.5. The Morgan fingerprint density at radius 2 is 1.71 bits per heavy atom. The van der Waals surface area contributed by atoms with Crippen LogP contribution in [-0.2, 0) is 19.6 Å². The number of para-hydroxylation sites is 1. The zero-order valence-electron chi connectivity index (χ0n) is 20.7. The van der Waals surface area contributed by atoms with Gasteiger partial charge in [-0.3, -0.25) is 4.79 Å². The van der Waals surface area contributed by atoms with Crippen LogP contribution in [0.3, 0.4) is 0 Å². The van der Waals surface area contributed by atoms with E-state index in [0.29, 0.717) is 66.3 Å². The Labute approximate surface area is 225 Å². The number of sulfonamides is 1. The van der Waals surface area contributed by atoms with Gasteiger partial charge in [-0.1, -0.05) is 30.3 Å². The van der Waals surface area contributed by atoms with Gasteiger partial charge >= 0.3 is 0 Å². The van der Waals surface area contributed by atoms with Crippen LogP contribution in [-0.4, -0.2) is 77.9 Å². The molecule has 6 rings (SSSR count). The summed E-state index contributed by atoms with van der Waals surface area (Å²) < 4.78 is 35.2. The second-order valence-corrected chi connectivity index (χ2v) is 12.2. The number of thioether (sulfide) groups is 1. The van der Waals surface area contributed by atoms with Crippen molar-refractivity contribution >= 4 is 38.9 Å². The molecular weight excluding hydrogens is 522 g/mol. The van der Waals surface area contributed by atoms with Crippen molar-refractivity contribution in [3.63, 3.8) is 0 Å². The van der Waals surface area contributed by atoms with E-state index in [9.17, 15) is 13.2 Å². The quantitative estimate of drug-likeness (QED) is 0.449. The number of aromatic nitrogens is 2. The Kier molecular flexibility index (Phi) is 6.91. The molecule has 3 aliphatic rings. The number of ether oxygens (including phenoxy) is 1. The monoisotopic (exact) mass is 549 g/mol. The van der Waals surface area contributed by atoms with Crippen molar-refractivity contribution in [2.75, 3.05) is 39.4 Å². The summed E-state index contributed by atoms with van der Waals surface area (Å²) in [5, 5.41) is 5.51. The van der Waals surface area contributed by atoms with Crippen LogP contribution in [0.4, 0.5) is 0 Å². The van der Waals surface area contributed by atoms with Gasteiger partial charge in [-0.15, -0.1) is 0 Å². The van der Waals surface area contributed by atoms with Crippen molar-refractivity contribution in [1.82, 2.24) is 19.0 Å². The third-order valence-corrected chi connectivity index (χ3v) is 9.69. The lowest BCUT2D eigenvalue weighted by Crippen LogP contribution is -2.38. The first-order chi connectivity index (χ1) is 18.5. The normalized spacial score (nSPS) is 19.9. The van der Waals surface area contributed by atoms with Gasteiger partial charge in [0.2, 0.25) is 10.0 Å². The zero-order valence-corrected chi connectivity index (χ0v) is 22.3. The van der Waals surface area contributed by atoms with Crippen LogP contribution in [0.25, 0.3) is 23.0 Å². The van der Waals surface area contributed by atoms with Crippen LogP contribution < -0.4 is 0 Å².